The molecule has 0 aliphatic heterocycles. The Balaban J connectivity index is 4.52. The maximum absolute atomic E-state index is 12.7. The van der Waals surface area contributed by atoms with E-state index >= 15 is 0 Å². The van der Waals surface area contributed by atoms with E-state index in [2.05, 4.69) is 87.6 Å². The molecule has 0 fully saturated rings. The van der Waals surface area contributed by atoms with Gasteiger partial charge in [-0.1, -0.05) is 209 Å². The number of rotatable bonds is 44. The van der Waals surface area contributed by atoms with Gasteiger partial charge in [-0.2, -0.15) is 0 Å². The second-order valence-corrected chi connectivity index (χ2v) is 16.4. The van der Waals surface area contributed by atoms with Crippen molar-refractivity contribution in [1.29, 1.82) is 0 Å². The Labute approximate surface area is 370 Å². The molecule has 0 aromatic carbocycles. The van der Waals surface area contributed by atoms with Crippen LogP contribution in [0.25, 0.3) is 0 Å². The van der Waals surface area contributed by atoms with Crippen LogP contribution >= 0.6 is 0 Å². The molecule has 0 aliphatic carbocycles. The van der Waals surface area contributed by atoms with Crippen molar-refractivity contribution in [1.82, 2.24) is 0 Å². The molecular formula is C54H92O6. The zero-order valence-electron chi connectivity index (χ0n) is 39.2. The van der Waals surface area contributed by atoms with E-state index in [-0.39, 0.29) is 38.0 Å². The van der Waals surface area contributed by atoms with Gasteiger partial charge in [0.05, 0.1) is 0 Å². The van der Waals surface area contributed by atoms with E-state index < -0.39 is 12.1 Å². The van der Waals surface area contributed by atoms with Crippen molar-refractivity contribution in [3.05, 3.63) is 72.9 Å². The van der Waals surface area contributed by atoms with Gasteiger partial charge in [0, 0.05) is 19.3 Å². The third kappa shape index (κ3) is 45.9. The van der Waals surface area contributed by atoms with Crippen LogP contribution in [0.4, 0.5) is 0 Å². The summed E-state index contributed by atoms with van der Waals surface area (Å²) in [5, 5.41) is 0. The average molecular weight is 837 g/mol. The molecule has 0 saturated heterocycles. The summed E-state index contributed by atoms with van der Waals surface area (Å²) in [4.78, 5) is 37.8. The Morgan fingerprint density at radius 3 is 1.10 bits per heavy atom. The first-order valence-electron chi connectivity index (χ1n) is 24.9. The molecule has 0 aromatic heterocycles. The highest BCUT2D eigenvalue weighted by molar-refractivity contribution is 5.71. The molecule has 0 bridgehead atoms. The molecule has 6 heteroatoms. The lowest BCUT2D eigenvalue weighted by atomic mass is 10.0. The van der Waals surface area contributed by atoms with Gasteiger partial charge in [-0.25, -0.2) is 0 Å². The summed E-state index contributed by atoms with van der Waals surface area (Å²) in [6.45, 7) is 6.49. The van der Waals surface area contributed by atoms with Gasteiger partial charge in [-0.3, -0.25) is 14.4 Å². The van der Waals surface area contributed by atoms with Crippen LogP contribution in [0.2, 0.25) is 0 Å². The van der Waals surface area contributed by atoms with Crippen LogP contribution in [0, 0.1) is 0 Å². The zero-order chi connectivity index (χ0) is 43.7. The highest BCUT2D eigenvalue weighted by Crippen LogP contribution is 2.14. The smallest absolute Gasteiger partial charge is 0.306 e. The van der Waals surface area contributed by atoms with Crippen molar-refractivity contribution in [3.8, 4) is 0 Å². The number of carbonyl (C=O) groups excluding carboxylic acids is 3. The zero-order valence-corrected chi connectivity index (χ0v) is 39.2. The van der Waals surface area contributed by atoms with Crippen molar-refractivity contribution in [2.45, 2.75) is 239 Å². The molecule has 344 valence electrons. The number of ether oxygens (including phenoxy) is 3. The number of hydrogen-bond donors (Lipinski definition) is 0. The van der Waals surface area contributed by atoms with Crippen LogP contribution in [0.3, 0.4) is 0 Å². The van der Waals surface area contributed by atoms with Gasteiger partial charge >= 0.3 is 17.9 Å². The van der Waals surface area contributed by atoms with Crippen molar-refractivity contribution in [3.63, 3.8) is 0 Å². The highest BCUT2D eigenvalue weighted by Gasteiger charge is 2.19. The Morgan fingerprint density at radius 2 is 0.650 bits per heavy atom. The second kappa shape index (κ2) is 48.5. The monoisotopic (exact) mass is 837 g/mol. The fraction of sp³-hybridized carbons (Fsp3) is 0.722. The molecule has 1 atom stereocenters. The maximum atomic E-state index is 12.7. The van der Waals surface area contributed by atoms with Crippen molar-refractivity contribution in [2.24, 2.45) is 0 Å². The summed E-state index contributed by atoms with van der Waals surface area (Å²) in [6.07, 6.45) is 60.4. The molecule has 0 aromatic rings. The molecule has 0 radical (unpaired) electrons. The summed E-state index contributed by atoms with van der Waals surface area (Å²) in [5.74, 6) is -1.04. The first-order chi connectivity index (χ1) is 29.5. The second-order valence-electron chi connectivity index (χ2n) is 16.4. The molecule has 0 heterocycles. The minimum atomic E-state index is -0.824. The number of allylic oxidation sites excluding steroid dienone is 12. The van der Waals surface area contributed by atoms with E-state index in [0.717, 1.165) is 57.8 Å². The third-order valence-corrected chi connectivity index (χ3v) is 10.4. The van der Waals surface area contributed by atoms with Crippen molar-refractivity contribution in [2.75, 3.05) is 13.2 Å². The van der Waals surface area contributed by atoms with Crippen LogP contribution in [-0.2, 0) is 28.6 Å². The number of carbonyl (C=O) groups is 3. The van der Waals surface area contributed by atoms with E-state index in [0.29, 0.717) is 19.3 Å². The first kappa shape index (κ1) is 56.9. The molecule has 0 amide bonds. The molecule has 1 unspecified atom stereocenters. The lowest BCUT2D eigenvalue weighted by molar-refractivity contribution is -0.166. The van der Waals surface area contributed by atoms with E-state index in [1.807, 2.05) is 6.08 Å². The van der Waals surface area contributed by atoms with Crippen LogP contribution in [0.5, 0.6) is 0 Å². The summed E-state index contributed by atoms with van der Waals surface area (Å²) < 4.78 is 16.6. The Kier molecular flexibility index (Phi) is 46.0. The van der Waals surface area contributed by atoms with Crippen LogP contribution in [-0.4, -0.2) is 37.2 Å². The van der Waals surface area contributed by atoms with Gasteiger partial charge < -0.3 is 14.2 Å². The molecule has 0 spiro atoms. The molecule has 6 nitrogen and oxygen atoms in total. The van der Waals surface area contributed by atoms with Crippen molar-refractivity contribution < 1.29 is 28.6 Å². The van der Waals surface area contributed by atoms with Crippen LogP contribution in [0.1, 0.15) is 233 Å². The predicted octanol–water partition coefficient (Wildman–Crippen LogP) is 16.3. The molecule has 0 aliphatic rings. The van der Waals surface area contributed by atoms with E-state index in [9.17, 15) is 14.4 Å². The van der Waals surface area contributed by atoms with Gasteiger partial charge in [-0.05, 0) is 77.0 Å². The number of unbranched alkanes of at least 4 members (excludes halogenated alkanes) is 21. The summed E-state index contributed by atoms with van der Waals surface area (Å²) >= 11 is 0. The Morgan fingerprint density at radius 1 is 0.333 bits per heavy atom. The molecule has 0 N–H and O–H groups in total. The molecular weight excluding hydrogens is 745 g/mol. The minimum absolute atomic E-state index is 0.114. The lowest BCUT2D eigenvalue weighted by Gasteiger charge is -2.18. The molecule has 0 rings (SSSR count). The van der Waals surface area contributed by atoms with Crippen molar-refractivity contribution >= 4 is 17.9 Å². The van der Waals surface area contributed by atoms with E-state index in [1.54, 1.807) is 0 Å². The SMILES string of the molecule is CCCCC/C=C\C/C=C\C/C=C\C/C=C\CCCC(=O)OCC(COC(=O)CCCCCCCCCCCCCC)OC(=O)CC/C=C\C/C=C\CCCCCCCC. The van der Waals surface area contributed by atoms with Gasteiger partial charge in [0.15, 0.2) is 6.10 Å². The average Bonchev–Trinajstić information content (AvgIpc) is 3.24. The third-order valence-electron chi connectivity index (χ3n) is 10.4. The first-order valence-corrected chi connectivity index (χ1v) is 24.9. The van der Waals surface area contributed by atoms with E-state index in [4.69, 9.17) is 14.2 Å². The van der Waals surface area contributed by atoms with Crippen LogP contribution < -0.4 is 0 Å². The molecule has 60 heavy (non-hydrogen) atoms. The summed E-state index contributed by atoms with van der Waals surface area (Å²) in [7, 11) is 0. The van der Waals surface area contributed by atoms with Gasteiger partial charge in [-0.15, -0.1) is 0 Å². The normalized spacial score (nSPS) is 12.7. The Hall–Kier alpha value is -3.15. The number of hydrogen-bond acceptors (Lipinski definition) is 6. The van der Waals surface area contributed by atoms with Crippen LogP contribution in [0.15, 0.2) is 72.9 Å². The quantitative estimate of drug-likeness (QED) is 0.0263. The standard InChI is InChI=1S/C54H92O6/c1-4-7-10-13-16-19-22-25-26-27-28-30-32-35-38-41-44-47-53(56)59-50-51(49-58-52(55)46-43-40-37-34-31-24-21-18-15-12-9-6-3)60-54(57)48-45-42-39-36-33-29-23-20-17-14-11-8-5-2/h16,19,25-26,28-30,33,35,38-39,42,51H,4-15,17-18,20-24,27,31-32,34,36-37,40-41,43-50H2,1-3H3/b19-16-,26-25-,30-28-,33-29-,38-35-,42-39-. The largest absolute Gasteiger partial charge is 0.462 e. The Bertz CT molecular complexity index is 1140. The van der Waals surface area contributed by atoms with Gasteiger partial charge in [0.25, 0.3) is 0 Å². The fourth-order valence-electron chi connectivity index (χ4n) is 6.66. The molecule has 0 saturated carbocycles. The van der Waals surface area contributed by atoms with Gasteiger partial charge in [0.2, 0.25) is 0 Å². The van der Waals surface area contributed by atoms with Gasteiger partial charge in [0.1, 0.15) is 13.2 Å². The predicted molar refractivity (Wildman–Crippen MR) is 256 cm³/mol. The fourth-order valence-corrected chi connectivity index (χ4v) is 6.66. The lowest BCUT2D eigenvalue weighted by Crippen LogP contribution is -2.30. The minimum Gasteiger partial charge on any atom is -0.462 e. The van der Waals surface area contributed by atoms with E-state index in [1.165, 1.54) is 122 Å². The highest BCUT2D eigenvalue weighted by atomic mass is 16.6. The summed E-state index contributed by atoms with van der Waals surface area (Å²) in [6, 6.07) is 0. The summed E-state index contributed by atoms with van der Waals surface area (Å²) in [5.41, 5.74) is 0. The number of esters is 3. The maximum Gasteiger partial charge on any atom is 0.306 e. The topological polar surface area (TPSA) is 78.9 Å².